The van der Waals surface area contributed by atoms with Crippen LogP contribution in [0.3, 0.4) is 0 Å². The predicted molar refractivity (Wildman–Crippen MR) is 148 cm³/mol. The van der Waals surface area contributed by atoms with Crippen LogP contribution in [0.5, 0.6) is 11.5 Å². The standard InChI is InChI=1S/C28H34N4O6S/c1-19-16-32(20(2)18-33)39(35,36)27-10-5-22(21-11-13-29-14-12-21)15-25(27)38-26(19)17-31(3)28(34)30-23-6-8-24(37-4)9-7-23/h5-15,19-20,26,33H,16-18H2,1-4H3,(H,30,34)/t19-,20-,26+/m1/s1. The lowest BCUT2D eigenvalue weighted by atomic mass is 10.0. The van der Waals surface area contributed by atoms with Crippen molar-refractivity contribution >= 4 is 21.7 Å². The SMILES string of the molecule is COc1ccc(NC(=O)N(C)C[C@@H]2Oc3cc(-c4ccncc4)ccc3S(=O)(=O)N([C@H](C)CO)C[C@H]2C)cc1. The number of ether oxygens (including phenoxy) is 2. The largest absolute Gasteiger partial charge is 0.497 e. The van der Waals surface area contributed by atoms with Crippen molar-refractivity contribution in [2.75, 3.05) is 39.2 Å². The van der Waals surface area contributed by atoms with Crippen LogP contribution in [0, 0.1) is 5.92 Å². The molecular weight excluding hydrogens is 520 g/mol. The number of rotatable bonds is 7. The summed E-state index contributed by atoms with van der Waals surface area (Å²) in [5, 5.41) is 12.7. The van der Waals surface area contributed by atoms with E-state index in [1.165, 1.54) is 15.3 Å². The third-order valence-corrected chi connectivity index (χ3v) is 8.84. The Hall–Kier alpha value is -3.67. The minimum atomic E-state index is -3.97. The molecule has 10 nitrogen and oxygen atoms in total. The number of likely N-dealkylation sites (N-methyl/N-ethyl adjacent to an activating group) is 1. The molecule has 0 bridgehead atoms. The first-order valence-electron chi connectivity index (χ1n) is 12.6. The number of sulfonamides is 1. The topological polar surface area (TPSA) is 121 Å². The van der Waals surface area contributed by atoms with E-state index in [0.29, 0.717) is 11.4 Å². The number of pyridine rings is 1. The quantitative estimate of drug-likeness (QED) is 0.457. The van der Waals surface area contributed by atoms with Crippen LogP contribution in [0.15, 0.2) is 71.9 Å². The van der Waals surface area contributed by atoms with Gasteiger partial charge < -0.3 is 24.8 Å². The van der Waals surface area contributed by atoms with Crippen LogP contribution in [0.25, 0.3) is 11.1 Å². The van der Waals surface area contributed by atoms with Gasteiger partial charge in [0.25, 0.3) is 0 Å². The summed E-state index contributed by atoms with van der Waals surface area (Å²) in [4.78, 5) is 18.6. The van der Waals surface area contributed by atoms with Crippen molar-refractivity contribution in [1.82, 2.24) is 14.2 Å². The number of nitrogens with zero attached hydrogens (tertiary/aromatic N) is 3. The number of fused-ring (bicyclic) bond motifs is 1. The second-order valence-electron chi connectivity index (χ2n) is 9.68. The summed E-state index contributed by atoms with van der Waals surface area (Å²) in [6.07, 6.45) is 2.79. The fraction of sp³-hybridized carbons (Fsp3) is 0.357. The summed E-state index contributed by atoms with van der Waals surface area (Å²) in [5.41, 5.74) is 2.24. The molecule has 0 unspecified atom stereocenters. The maximum Gasteiger partial charge on any atom is 0.321 e. The van der Waals surface area contributed by atoms with Crippen molar-refractivity contribution < 1.29 is 27.8 Å². The van der Waals surface area contributed by atoms with Gasteiger partial charge in [0.2, 0.25) is 10.0 Å². The van der Waals surface area contributed by atoms with Crippen LogP contribution < -0.4 is 14.8 Å². The molecule has 0 spiro atoms. The van der Waals surface area contributed by atoms with Crippen molar-refractivity contribution in [1.29, 1.82) is 0 Å². The molecule has 3 atom stereocenters. The smallest absolute Gasteiger partial charge is 0.321 e. The molecule has 1 aliphatic heterocycles. The van der Waals surface area contributed by atoms with E-state index in [0.717, 1.165) is 11.1 Å². The molecular formula is C28H34N4O6S. The van der Waals surface area contributed by atoms with E-state index < -0.39 is 22.2 Å². The minimum Gasteiger partial charge on any atom is -0.497 e. The lowest BCUT2D eigenvalue weighted by Gasteiger charge is -2.37. The molecule has 0 fully saturated rings. The van der Waals surface area contributed by atoms with Crippen molar-refractivity contribution in [3.63, 3.8) is 0 Å². The van der Waals surface area contributed by atoms with E-state index in [-0.39, 0.29) is 42.3 Å². The average Bonchev–Trinajstić information content (AvgIpc) is 2.95. The van der Waals surface area contributed by atoms with Gasteiger partial charge in [-0.2, -0.15) is 4.31 Å². The van der Waals surface area contributed by atoms with E-state index >= 15 is 0 Å². The van der Waals surface area contributed by atoms with Crippen LogP contribution in [0.2, 0.25) is 0 Å². The van der Waals surface area contributed by atoms with Crippen molar-refractivity contribution in [2.45, 2.75) is 30.9 Å². The Labute approximate surface area is 229 Å². The Morgan fingerprint density at radius 3 is 2.51 bits per heavy atom. The van der Waals surface area contributed by atoms with Crippen molar-refractivity contribution in [2.24, 2.45) is 5.92 Å². The summed E-state index contributed by atoms with van der Waals surface area (Å²) in [6, 6.07) is 14.6. The maximum atomic E-state index is 13.7. The van der Waals surface area contributed by atoms with Gasteiger partial charge in [0.1, 0.15) is 22.5 Å². The zero-order valence-corrected chi connectivity index (χ0v) is 23.3. The number of hydrogen-bond acceptors (Lipinski definition) is 7. The molecule has 1 aliphatic rings. The summed E-state index contributed by atoms with van der Waals surface area (Å²) >= 11 is 0. The summed E-state index contributed by atoms with van der Waals surface area (Å²) in [5.74, 6) is 0.572. The Morgan fingerprint density at radius 2 is 1.87 bits per heavy atom. The molecule has 0 aliphatic carbocycles. The molecule has 2 aromatic carbocycles. The van der Waals surface area contributed by atoms with Gasteiger partial charge in [-0.05, 0) is 66.6 Å². The fourth-order valence-corrected chi connectivity index (χ4v) is 6.24. The van der Waals surface area contributed by atoms with E-state index in [4.69, 9.17) is 9.47 Å². The number of nitrogens with one attached hydrogen (secondary N) is 1. The van der Waals surface area contributed by atoms with Gasteiger partial charge in [0.05, 0.1) is 20.3 Å². The molecule has 3 aromatic rings. The van der Waals surface area contributed by atoms with E-state index in [1.807, 2.05) is 19.1 Å². The number of hydrogen-bond donors (Lipinski definition) is 2. The van der Waals surface area contributed by atoms with Gasteiger partial charge >= 0.3 is 6.03 Å². The second-order valence-corrected chi connectivity index (χ2v) is 11.5. The monoisotopic (exact) mass is 554 g/mol. The van der Waals surface area contributed by atoms with Crippen LogP contribution in [-0.4, -0.2) is 79.7 Å². The van der Waals surface area contributed by atoms with Crippen molar-refractivity contribution in [3.05, 3.63) is 67.0 Å². The summed E-state index contributed by atoms with van der Waals surface area (Å²) in [6.45, 7) is 3.54. The number of aliphatic hydroxyl groups is 1. The van der Waals surface area contributed by atoms with Crippen molar-refractivity contribution in [3.8, 4) is 22.6 Å². The van der Waals surface area contributed by atoms with E-state index in [9.17, 15) is 18.3 Å². The van der Waals surface area contributed by atoms with Gasteiger partial charge in [-0.1, -0.05) is 13.0 Å². The molecule has 0 saturated carbocycles. The molecule has 39 heavy (non-hydrogen) atoms. The van der Waals surface area contributed by atoms with Gasteiger partial charge in [-0.3, -0.25) is 4.98 Å². The third kappa shape index (κ3) is 6.32. The normalized spacial score (nSPS) is 19.5. The number of amides is 2. The number of methoxy groups -OCH3 is 1. The van der Waals surface area contributed by atoms with E-state index in [1.54, 1.807) is 69.9 Å². The van der Waals surface area contributed by atoms with Crippen LogP contribution in [0.1, 0.15) is 13.8 Å². The third-order valence-electron chi connectivity index (χ3n) is 6.82. The fourth-order valence-electron chi connectivity index (χ4n) is 4.41. The van der Waals surface area contributed by atoms with Gasteiger partial charge in [-0.15, -0.1) is 0 Å². The highest BCUT2D eigenvalue weighted by Crippen LogP contribution is 2.36. The zero-order valence-electron chi connectivity index (χ0n) is 22.4. The van der Waals surface area contributed by atoms with Crippen LogP contribution >= 0.6 is 0 Å². The number of benzene rings is 2. The Balaban J connectivity index is 1.65. The highest BCUT2D eigenvalue weighted by atomic mass is 32.2. The highest BCUT2D eigenvalue weighted by molar-refractivity contribution is 7.89. The first kappa shape index (κ1) is 28.3. The molecule has 11 heteroatoms. The first-order chi connectivity index (χ1) is 18.6. The predicted octanol–water partition coefficient (Wildman–Crippen LogP) is 3.69. The molecule has 2 amide bonds. The lowest BCUT2D eigenvalue weighted by molar-refractivity contribution is 0.0830. The molecule has 2 heterocycles. The molecule has 2 N–H and O–H groups in total. The zero-order chi connectivity index (χ0) is 28.2. The Morgan fingerprint density at radius 1 is 1.18 bits per heavy atom. The number of carbonyl (C=O) groups excluding carboxylic acids is 1. The van der Waals surface area contributed by atoms with Crippen LogP contribution in [0.4, 0.5) is 10.5 Å². The molecule has 208 valence electrons. The Kier molecular flexibility index (Phi) is 8.73. The summed E-state index contributed by atoms with van der Waals surface area (Å²) < 4.78 is 40.3. The number of aliphatic hydroxyl groups excluding tert-OH is 1. The number of carbonyl (C=O) groups is 1. The van der Waals surface area contributed by atoms with Gasteiger partial charge in [-0.25, -0.2) is 13.2 Å². The van der Waals surface area contributed by atoms with Crippen LogP contribution in [-0.2, 0) is 10.0 Å². The molecule has 0 radical (unpaired) electrons. The Bertz CT molecular complexity index is 1380. The molecule has 4 rings (SSSR count). The number of urea groups is 1. The summed E-state index contributed by atoms with van der Waals surface area (Å²) in [7, 11) is -0.735. The first-order valence-corrected chi connectivity index (χ1v) is 14.1. The molecule has 0 saturated heterocycles. The minimum absolute atomic E-state index is 0.0165. The van der Waals surface area contributed by atoms with Gasteiger partial charge in [0, 0.05) is 43.6 Å². The molecule has 1 aromatic heterocycles. The van der Waals surface area contributed by atoms with E-state index in [2.05, 4.69) is 10.3 Å². The van der Waals surface area contributed by atoms with Gasteiger partial charge in [0.15, 0.2) is 0 Å². The number of aromatic nitrogens is 1. The second kappa shape index (κ2) is 12.0. The number of anilines is 1. The highest BCUT2D eigenvalue weighted by Gasteiger charge is 2.38. The average molecular weight is 555 g/mol. The lowest BCUT2D eigenvalue weighted by Crippen LogP contribution is -2.50. The maximum absolute atomic E-state index is 13.7.